The average Bonchev–Trinajstić information content (AvgIpc) is 2.63. The molecule has 136 valence electrons. The summed E-state index contributed by atoms with van der Waals surface area (Å²) < 4.78 is 5.55. The molecule has 26 heavy (non-hydrogen) atoms. The van der Waals surface area contributed by atoms with Gasteiger partial charge in [0, 0.05) is 0 Å². The van der Waals surface area contributed by atoms with Crippen LogP contribution in [0.1, 0.15) is 37.9 Å². The lowest BCUT2D eigenvalue weighted by Crippen LogP contribution is -2.39. The minimum atomic E-state index is -0.816. The van der Waals surface area contributed by atoms with E-state index < -0.39 is 11.8 Å². The molecule has 0 radical (unpaired) electrons. The van der Waals surface area contributed by atoms with Gasteiger partial charge in [-0.1, -0.05) is 30.3 Å². The standard InChI is InChI=1S/C20H23N3O3/c1-14(2)26-18-11-9-16(10-12-18)13-21-23-20(25)19(24)22-15(3)17-7-5-4-6-8-17/h4-15H,1-3H3,(H,22,24)(H,23,25)/b21-13-/t15-/m0/s1. The Balaban J connectivity index is 1.83. The van der Waals surface area contributed by atoms with Crippen molar-refractivity contribution in [2.45, 2.75) is 32.9 Å². The highest BCUT2D eigenvalue weighted by Crippen LogP contribution is 2.13. The summed E-state index contributed by atoms with van der Waals surface area (Å²) >= 11 is 0. The van der Waals surface area contributed by atoms with Gasteiger partial charge in [-0.2, -0.15) is 5.10 Å². The number of nitrogens with zero attached hydrogens (tertiary/aromatic N) is 1. The number of hydrogen-bond donors (Lipinski definition) is 2. The number of hydrazone groups is 1. The molecule has 0 heterocycles. The third kappa shape index (κ3) is 6.05. The first kappa shape index (κ1) is 19.2. The van der Waals surface area contributed by atoms with Crippen molar-refractivity contribution in [3.63, 3.8) is 0 Å². The van der Waals surface area contributed by atoms with Crippen LogP contribution in [-0.4, -0.2) is 24.1 Å². The lowest BCUT2D eigenvalue weighted by Gasteiger charge is -2.13. The fourth-order valence-corrected chi connectivity index (χ4v) is 2.21. The van der Waals surface area contributed by atoms with Crippen LogP contribution < -0.4 is 15.5 Å². The molecule has 0 bridgehead atoms. The number of hydrogen-bond acceptors (Lipinski definition) is 4. The fraction of sp³-hybridized carbons (Fsp3) is 0.250. The largest absolute Gasteiger partial charge is 0.491 e. The van der Waals surface area contributed by atoms with Gasteiger partial charge in [-0.3, -0.25) is 9.59 Å². The van der Waals surface area contributed by atoms with E-state index >= 15 is 0 Å². The summed E-state index contributed by atoms with van der Waals surface area (Å²) in [5.41, 5.74) is 3.92. The highest BCUT2D eigenvalue weighted by atomic mass is 16.5. The smallest absolute Gasteiger partial charge is 0.329 e. The Labute approximate surface area is 153 Å². The molecule has 0 aromatic heterocycles. The van der Waals surface area contributed by atoms with Crippen molar-refractivity contribution in [3.05, 3.63) is 65.7 Å². The molecule has 0 aliphatic carbocycles. The Hall–Kier alpha value is -3.15. The van der Waals surface area contributed by atoms with Crippen molar-refractivity contribution in [1.82, 2.24) is 10.7 Å². The second kappa shape index (κ2) is 9.36. The lowest BCUT2D eigenvalue weighted by atomic mass is 10.1. The Bertz CT molecular complexity index is 756. The number of rotatable bonds is 6. The summed E-state index contributed by atoms with van der Waals surface area (Å²) in [7, 11) is 0. The second-order valence-electron chi connectivity index (χ2n) is 6.04. The summed E-state index contributed by atoms with van der Waals surface area (Å²) in [5, 5.41) is 6.44. The molecule has 2 aromatic rings. The van der Waals surface area contributed by atoms with E-state index in [4.69, 9.17) is 4.74 Å². The number of amides is 2. The van der Waals surface area contributed by atoms with Gasteiger partial charge in [-0.15, -0.1) is 0 Å². The zero-order valence-corrected chi connectivity index (χ0v) is 15.1. The van der Waals surface area contributed by atoms with Gasteiger partial charge in [0.05, 0.1) is 18.4 Å². The van der Waals surface area contributed by atoms with Crippen molar-refractivity contribution in [3.8, 4) is 5.75 Å². The Morgan fingerprint density at radius 3 is 2.23 bits per heavy atom. The Kier molecular flexibility index (Phi) is 6.91. The van der Waals surface area contributed by atoms with Crippen LogP contribution in [0.3, 0.4) is 0 Å². The molecule has 1 atom stereocenters. The van der Waals surface area contributed by atoms with E-state index in [1.807, 2.05) is 75.4 Å². The highest BCUT2D eigenvalue weighted by Gasteiger charge is 2.16. The number of carbonyl (C=O) groups excluding carboxylic acids is 2. The number of ether oxygens (including phenoxy) is 1. The van der Waals surface area contributed by atoms with Gasteiger partial charge < -0.3 is 10.1 Å². The van der Waals surface area contributed by atoms with Gasteiger partial charge in [0.25, 0.3) is 0 Å². The van der Waals surface area contributed by atoms with Crippen LogP contribution in [0.2, 0.25) is 0 Å². The van der Waals surface area contributed by atoms with E-state index in [1.54, 1.807) is 0 Å². The molecule has 2 aromatic carbocycles. The molecular weight excluding hydrogens is 330 g/mol. The van der Waals surface area contributed by atoms with Gasteiger partial charge in [-0.05, 0) is 56.2 Å². The molecule has 0 unspecified atom stereocenters. The molecule has 2 amide bonds. The molecule has 6 heteroatoms. The molecule has 0 aliphatic rings. The monoisotopic (exact) mass is 353 g/mol. The summed E-state index contributed by atoms with van der Waals surface area (Å²) in [6.07, 6.45) is 1.57. The van der Waals surface area contributed by atoms with Gasteiger partial charge >= 0.3 is 11.8 Å². The highest BCUT2D eigenvalue weighted by molar-refractivity contribution is 6.35. The summed E-state index contributed by atoms with van der Waals surface area (Å²) in [5.74, 6) is -0.793. The van der Waals surface area contributed by atoms with E-state index in [0.717, 1.165) is 16.9 Å². The minimum absolute atomic E-state index is 0.102. The quantitative estimate of drug-likeness (QED) is 0.476. The third-order valence-electron chi connectivity index (χ3n) is 3.49. The zero-order valence-electron chi connectivity index (χ0n) is 15.1. The molecule has 2 N–H and O–H groups in total. The van der Waals surface area contributed by atoms with Crippen LogP contribution in [0.15, 0.2) is 59.7 Å². The number of carbonyl (C=O) groups is 2. The summed E-state index contributed by atoms with van der Waals surface area (Å²) in [4.78, 5) is 23.7. The molecule has 0 aliphatic heterocycles. The first-order valence-electron chi connectivity index (χ1n) is 8.41. The van der Waals surface area contributed by atoms with Crippen LogP contribution >= 0.6 is 0 Å². The minimum Gasteiger partial charge on any atom is -0.491 e. The summed E-state index contributed by atoms with van der Waals surface area (Å²) in [6.45, 7) is 5.72. The Morgan fingerprint density at radius 1 is 0.962 bits per heavy atom. The van der Waals surface area contributed by atoms with E-state index in [9.17, 15) is 9.59 Å². The molecule has 0 saturated heterocycles. The first-order valence-corrected chi connectivity index (χ1v) is 8.41. The molecule has 0 spiro atoms. The number of benzene rings is 2. The molecule has 2 rings (SSSR count). The third-order valence-corrected chi connectivity index (χ3v) is 3.49. The average molecular weight is 353 g/mol. The summed E-state index contributed by atoms with van der Waals surface area (Å²) in [6, 6.07) is 16.4. The van der Waals surface area contributed by atoms with Gasteiger partial charge in [0.1, 0.15) is 5.75 Å². The van der Waals surface area contributed by atoms with E-state index in [2.05, 4.69) is 15.8 Å². The van der Waals surface area contributed by atoms with Gasteiger partial charge in [0.15, 0.2) is 0 Å². The number of nitrogens with one attached hydrogen (secondary N) is 2. The first-order chi connectivity index (χ1) is 12.5. The Morgan fingerprint density at radius 2 is 1.62 bits per heavy atom. The van der Waals surface area contributed by atoms with E-state index in [-0.39, 0.29) is 12.1 Å². The maximum absolute atomic E-state index is 11.9. The van der Waals surface area contributed by atoms with Gasteiger partial charge in [-0.25, -0.2) is 5.43 Å². The van der Waals surface area contributed by atoms with Crippen molar-refractivity contribution in [2.24, 2.45) is 5.10 Å². The van der Waals surface area contributed by atoms with E-state index in [0.29, 0.717) is 0 Å². The van der Waals surface area contributed by atoms with Crippen LogP contribution in [0.4, 0.5) is 0 Å². The topological polar surface area (TPSA) is 79.8 Å². The fourth-order valence-electron chi connectivity index (χ4n) is 2.21. The van der Waals surface area contributed by atoms with Crippen molar-refractivity contribution in [2.75, 3.05) is 0 Å². The van der Waals surface area contributed by atoms with Crippen LogP contribution in [0.25, 0.3) is 0 Å². The maximum atomic E-state index is 11.9. The van der Waals surface area contributed by atoms with Crippen LogP contribution in [-0.2, 0) is 9.59 Å². The molecular formula is C20H23N3O3. The van der Waals surface area contributed by atoms with E-state index in [1.165, 1.54) is 6.21 Å². The maximum Gasteiger partial charge on any atom is 0.329 e. The van der Waals surface area contributed by atoms with Crippen molar-refractivity contribution in [1.29, 1.82) is 0 Å². The van der Waals surface area contributed by atoms with Gasteiger partial charge in [0.2, 0.25) is 0 Å². The van der Waals surface area contributed by atoms with Crippen molar-refractivity contribution < 1.29 is 14.3 Å². The van der Waals surface area contributed by atoms with Crippen LogP contribution in [0.5, 0.6) is 5.75 Å². The molecule has 6 nitrogen and oxygen atoms in total. The second-order valence-corrected chi connectivity index (χ2v) is 6.04. The lowest BCUT2D eigenvalue weighted by molar-refractivity contribution is -0.139. The molecule has 0 saturated carbocycles. The SMILES string of the molecule is CC(C)Oc1ccc(/C=N\NC(=O)C(=O)N[C@@H](C)c2ccccc2)cc1. The van der Waals surface area contributed by atoms with Crippen LogP contribution in [0, 0.1) is 0 Å². The predicted octanol–water partition coefficient (Wildman–Crippen LogP) is 2.80. The van der Waals surface area contributed by atoms with Crippen molar-refractivity contribution >= 4 is 18.0 Å². The molecule has 0 fully saturated rings. The normalized spacial score (nSPS) is 12.0. The predicted molar refractivity (Wildman–Crippen MR) is 101 cm³/mol. The zero-order chi connectivity index (χ0) is 18.9.